The molecule has 0 saturated heterocycles. The quantitative estimate of drug-likeness (QED) is 0.614. The van der Waals surface area contributed by atoms with Crippen LogP contribution in [-0.2, 0) is 7.05 Å². The number of fused-ring (bicyclic) bond motifs is 1. The Morgan fingerprint density at radius 3 is 2.54 bits per heavy atom. The average Bonchev–Trinajstić information content (AvgIpc) is 3.08. The largest absolute Gasteiger partial charge is 0.399 e. The molecule has 138 valence electrons. The van der Waals surface area contributed by atoms with E-state index in [1.54, 1.807) is 37.5 Å². The second-order valence-electron chi connectivity index (χ2n) is 5.52. The molecule has 1 aromatic carbocycles. The van der Waals surface area contributed by atoms with Crippen molar-refractivity contribution in [1.82, 2.24) is 9.88 Å². The van der Waals surface area contributed by atoms with E-state index in [2.05, 4.69) is 5.32 Å². The summed E-state index contributed by atoms with van der Waals surface area (Å²) in [5.74, 6) is -0.188. The maximum Gasteiger partial charge on any atom is 0.268 e. The van der Waals surface area contributed by atoms with E-state index in [0.29, 0.717) is 32.9 Å². The minimum Gasteiger partial charge on any atom is -0.399 e. The summed E-state index contributed by atoms with van der Waals surface area (Å²) in [6, 6.07) is 6.98. The van der Waals surface area contributed by atoms with Gasteiger partial charge in [-0.2, -0.15) is 0 Å². The number of thiophene rings is 1. The number of hydrogen-bond donors (Lipinski definition) is 3. The molecule has 0 bridgehead atoms. The molecule has 0 fully saturated rings. The molecule has 0 spiro atoms. The van der Waals surface area contributed by atoms with Crippen LogP contribution in [0.4, 0.5) is 11.4 Å². The van der Waals surface area contributed by atoms with Crippen molar-refractivity contribution < 1.29 is 4.79 Å². The van der Waals surface area contributed by atoms with Gasteiger partial charge in [-0.3, -0.25) is 9.59 Å². The Bertz CT molecular complexity index is 1000. The maximum absolute atomic E-state index is 12.4. The molecule has 3 aromatic rings. The highest BCUT2D eigenvalue weighted by molar-refractivity contribution is 7.20. The molecule has 0 aliphatic rings. The van der Waals surface area contributed by atoms with Crippen LogP contribution in [0.25, 0.3) is 21.2 Å². The molecule has 3 rings (SSSR count). The van der Waals surface area contributed by atoms with Crippen LogP contribution in [-0.4, -0.2) is 17.0 Å². The van der Waals surface area contributed by atoms with Crippen molar-refractivity contribution in [2.75, 3.05) is 18.0 Å². The molecule has 0 unspecified atom stereocenters. The van der Waals surface area contributed by atoms with Gasteiger partial charge in [0.15, 0.2) is 0 Å². The number of hydrogen-bond acceptors (Lipinski definition) is 5. The van der Waals surface area contributed by atoms with Crippen molar-refractivity contribution in [2.45, 2.75) is 20.8 Å². The van der Waals surface area contributed by atoms with Gasteiger partial charge in [-0.15, -0.1) is 11.3 Å². The van der Waals surface area contributed by atoms with Crippen molar-refractivity contribution in [3.05, 3.63) is 45.7 Å². The minimum atomic E-state index is -0.188. The summed E-state index contributed by atoms with van der Waals surface area (Å²) < 4.78 is 2.02. The minimum absolute atomic E-state index is 0.142. The topological polar surface area (TPSA) is 103 Å². The van der Waals surface area contributed by atoms with Gasteiger partial charge in [-0.05, 0) is 31.2 Å². The van der Waals surface area contributed by atoms with Crippen molar-refractivity contribution in [2.24, 2.45) is 7.05 Å². The second kappa shape index (κ2) is 8.05. The first-order valence-corrected chi connectivity index (χ1v) is 9.30. The van der Waals surface area contributed by atoms with E-state index in [1.807, 2.05) is 20.8 Å². The molecular weight excluding hydrogens is 348 g/mol. The molecule has 1 amide bonds. The van der Waals surface area contributed by atoms with E-state index < -0.39 is 0 Å². The normalized spacial score (nSPS) is 10.3. The van der Waals surface area contributed by atoms with Crippen LogP contribution in [0.1, 0.15) is 30.4 Å². The van der Waals surface area contributed by atoms with Crippen LogP contribution in [0.2, 0.25) is 0 Å². The molecule has 0 saturated carbocycles. The lowest BCUT2D eigenvalue weighted by atomic mass is 10.0. The lowest BCUT2D eigenvalue weighted by molar-refractivity contribution is 0.0960. The third kappa shape index (κ3) is 3.57. The van der Waals surface area contributed by atoms with Crippen LogP contribution >= 0.6 is 11.3 Å². The standard InChI is InChI=1S/C17H18N4O2S.C2H6/c1-3-20-16(22)14-7-11-12(8-21(2)17(23)15(11)24-14)10-6-9(18)4-5-13(10)19;1-2/h4-8H,3,18-19H2,1-2H3,(H,20,22);1-2H3. The van der Waals surface area contributed by atoms with Gasteiger partial charge < -0.3 is 21.4 Å². The number of nitrogen functional groups attached to an aromatic ring is 2. The molecule has 0 atom stereocenters. The Labute approximate surface area is 156 Å². The summed E-state index contributed by atoms with van der Waals surface area (Å²) in [7, 11) is 1.68. The van der Waals surface area contributed by atoms with Crippen LogP contribution in [0.15, 0.2) is 35.3 Å². The average molecular weight is 372 g/mol. The molecule has 2 heterocycles. The Morgan fingerprint density at radius 1 is 1.19 bits per heavy atom. The summed E-state index contributed by atoms with van der Waals surface area (Å²) in [6.07, 6.45) is 1.73. The highest BCUT2D eigenvalue weighted by Gasteiger charge is 2.17. The second-order valence-corrected chi connectivity index (χ2v) is 6.57. The molecule has 26 heavy (non-hydrogen) atoms. The third-order valence-corrected chi connectivity index (χ3v) is 4.91. The van der Waals surface area contributed by atoms with Gasteiger partial charge >= 0.3 is 0 Å². The molecule has 0 radical (unpaired) electrons. The number of nitrogens with two attached hydrogens (primary N) is 2. The smallest absolute Gasteiger partial charge is 0.268 e. The summed E-state index contributed by atoms with van der Waals surface area (Å²) in [5, 5.41) is 3.46. The van der Waals surface area contributed by atoms with Gasteiger partial charge in [0.05, 0.1) is 4.88 Å². The zero-order chi connectivity index (χ0) is 19.4. The maximum atomic E-state index is 12.4. The molecule has 2 aromatic heterocycles. The monoisotopic (exact) mass is 372 g/mol. The van der Waals surface area contributed by atoms with E-state index >= 15 is 0 Å². The molecule has 5 N–H and O–H groups in total. The lowest BCUT2D eigenvalue weighted by Crippen LogP contribution is -2.21. The highest BCUT2D eigenvalue weighted by Crippen LogP contribution is 2.35. The zero-order valence-corrected chi connectivity index (χ0v) is 16.2. The SMILES string of the molecule is CC.CCNC(=O)c1cc2c(-c3cc(N)ccc3N)cn(C)c(=O)c2s1. The van der Waals surface area contributed by atoms with E-state index in [0.717, 1.165) is 11.1 Å². The molecule has 6 nitrogen and oxygen atoms in total. The van der Waals surface area contributed by atoms with Crippen LogP contribution in [0.3, 0.4) is 0 Å². The van der Waals surface area contributed by atoms with Crippen LogP contribution in [0, 0.1) is 0 Å². The van der Waals surface area contributed by atoms with Gasteiger partial charge in [0.2, 0.25) is 0 Å². The Morgan fingerprint density at radius 2 is 1.88 bits per heavy atom. The van der Waals surface area contributed by atoms with Gasteiger partial charge in [-0.25, -0.2) is 0 Å². The number of amides is 1. The van der Waals surface area contributed by atoms with Gasteiger partial charge in [-0.1, -0.05) is 13.8 Å². The number of nitrogens with zero attached hydrogens (tertiary/aromatic N) is 1. The number of benzene rings is 1. The van der Waals surface area contributed by atoms with E-state index in [4.69, 9.17) is 11.5 Å². The van der Waals surface area contributed by atoms with Crippen molar-refractivity contribution in [3.8, 4) is 11.1 Å². The number of pyridine rings is 1. The fourth-order valence-electron chi connectivity index (χ4n) is 2.61. The van der Waals surface area contributed by atoms with Crippen molar-refractivity contribution >= 4 is 38.7 Å². The highest BCUT2D eigenvalue weighted by atomic mass is 32.1. The predicted octanol–water partition coefficient (Wildman–Crippen LogP) is 3.21. The van der Waals surface area contributed by atoms with Gasteiger partial charge in [0, 0.05) is 47.7 Å². The number of anilines is 2. The molecular formula is C19H24N4O2S. The number of carbonyl (C=O) groups is 1. The van der Waals surface area contributed by atoms with Gasteiger partial charge in [0.25, 0.3) is 11.5 Å². The van der Waals surface area contributed by atoms with Gasteiger partial charge in [0.1, 0.15) is 4.70 Å². The summed E-state index contributed by atoms with van der Waals surface area (Å²) in [6.45, 7) is 6.38. The first-order chi connectivity index (χ1) is 12.4. The Balaban J connectivity index is 0.00000117. The van der Waals surface area contributed by atoms with E-state index in [-0.39, 0.29) is 11.5 Å². The number of carbonyl (C=O) groups excluding carboxylic acids is 1. The lowest BCUT2D eigenvalue weighted by Gasteiger charge is -2.10. The number of aryl methyl sites for hydroxylation is 1. The number of rotatable bonds is 3. The summed E-state index contributed by atoms with van der Waals surface area (Å²) in [4.78, 5) is 25.1. The third-order valence-electron chi connectivity index (χ3n) is 3.79. The van der Waals surface area contributed by atoms with Crippen molar-refractivity contribution in [3.63, 3.8) is 0 Å². The number of nitrogens with one attached hydrogen (secondary N) is 1. The fourth-order valence-corrected chi connectivity index (χ4v) is 3.68. The molecule has 0 aliphatic carbocycles. The van der Waals surface area contributed by atoms with Crippen LogP contribution in [0.5, 0.6) is 0 Å². The fraction of sp³-hybridized carbons (Fsp3) is 0.263. The van der Waals surface area contributed by atoms with E-state index in [1.165, 1.54) is 15.9 Å². The van der Waals surface area contributed by atoms with E-state index in [9.17, 15) is 9.59 Å². The summed E-state index contributed by atoms with van der Waals surface area (Å²) in [5.41, 5.74) is 14.5. The first kappa shape index (κ1) is 19.5. The summed E-state index contributed by atoms with van der Waals surface area (Å²) >= 11 is 1.19. The number of aromatic nitrogens is 1. The molecule has 7 heteroatoms. The first-order valence-electron chi connectivity index (χ1n) is 8.49. The molecule has 0 aliphatic heterocycles. The zero-order valence-electron chi connectivity index (χ0n) is 15.4. The predicted molar refractivity (Wildman–Crippen MR) is 111 cm³/mol. The Kier molecular flexibility index (Phi) is 6.05. The Hall–Kier alpha value is -2.80. The van der Waals surface area contributed by atoms with Crippen molar-refractivity contribution in [1.29, 1.82) is 0 Å². The van der Waals surface area contributed by atoms with Crippen LogP contribution < -0.4 is 22.3 Å².